The number of rotatable bonds is 5. The Balaban J connectivity index is 2.31. The lowest BCUT2D eigenvalue weighted by Gasteiger charge is -2.16. The van der Waals surface area contributed by atoms with Gasteiger partial charge < -0.3 is 10.0 Å². The van der Waals surface area contributed by atoms with Gasteiger partial charge in [-0.1, -0.05) is 29.3 Å². The van der Waals surface area contributed by atoms with E-state index in [9.17, 15) is 5.11 Å². The van der Waals surface area contributed by atoms with E-state index in [0.717, 1.165) is 28.6 Å². The van der Waals surface area contributed by atoms with Crippen LogP contribution in [-0.4, -0.2) is 28.6 Å². The summed E-state index contributed by atoms with van der Waals surface area (Å²) < 4.78 is 1.58. The van der Waals surface area contributed by atoms with Crippen molar-refractivity contribution >= 4 is 42.8 Å². The molecule has 0 spiro atoms. The maximum atomic E-state index is 10.1. The van der Waals surface area contributed by atoms with Crippen molar-refractivity contribution in [1.82, 2.24) is 9.88 Å². The quantitative estimate of drug-likeness (QED) is 0.788. The average Bonchev–Trinajstić information content (AvgIpc) is 2.42. The van der Waals surface area contributed by atoms with Crippen molar-refractivity contribution in [1.29, 1.82) is 0 Å². The Hall–Kier alpha value is -0.650. The molecule has 2 aromatic rings. The van der Waals surface area contributed by atoms with E-state index in [1.165, 1.54) is 12.8 Å². The molecule has 3 nitrogen and oxygen atoms in total. The second-order valence-electron chi connectivity index (χ2n) is 4.98. The highest BCUT2D eigenvalue weighted by molar-refractivity contribution is 9.11. The van der Waals surface area contributed by atoms with Gasteiger partial charge in [0.15, 0.2) is 5.75 Å². The summed E-state index contributed by atoms with van der Waals surface area (Å²) in [4.78, 5) is 6.84. The van der Waals surface area contributed by atoms with Crippen LogP contribution in [0.1, 0.15) is 25.5 Å². The normalized spacial score (nSPS) is 11.4. The fourth-order valence-electron chi connectivity index (χ4n) is 2.11. The van der Waals surface area contributed by atoms with Crippen molar-refractivity contribution in [2.45, 2.75) is 26.3 Å². The SMILES string of the molecule is CCCCN(C)Cc1ccc2c(Br)cc(Br)c(O)c2n1. The molecular weight excluding hydrogens is 384 g/mol. The molecule has 0 saturated heterocycles. The number of unbranched alkanes of at least 4 members (excludes halogenated alkanes) is 1. The highest BCUT2D eigenvalue weighted by Crippen LogP contribution is 2.36. The van der Waals surface area contributed by atoms with Crippen LogP contribution in [-0.2, 0) is 6.54 Å². The number of hydrogen-bond acceptors (Lipinski definition) is 3. The van der Waals surface area contributed by atoms with Crippen LogP contribution in [0, 0.1) is 0 Å². The zero-order valence-electron chi connectivity index (χ0n) is 11.7. The van der Waals surface area contributed by atoms with E-state index >= 15 is 0 Å². The molecule has 1 N–H and O–H groups in total. The third-order valence-corrected chi connectivity index (χ3v) is 4.50. The maximum Gasteiger partial charge on any atom is 0.156 e. The first-order chi connectivity index (χ1) is 9.52. The Labute approximate surface area is 136 Å². The van der Waals surface area contributed by atoms with Gasteiger partial charge in [-0.15, -0.1) is 0 Å². The van der Waals surface area contributed by atoms with Gasteiger partial charge in [0.1, 0.15) is 5.52 Å². The first-order valence-corrected chi connectivity index (χ1v) is 8.26. The molecule has 0 fully saturated rings. The molecule has 0 atom stereocenters. The summed E-state index contributed by atoms with van der Waals surface area (Å²) >= 11 is 6.85. The monoisotopic (exact) mass is 400 g/mol. The van der Waals surface area contributed by atoms with Gasteiger partial charge in [0.25, 0.3) is 0 Å². The van der Waals surface area contributed by atoms with Crippen LogP contribution in [0.15, 0.2) is 27.1 Å². The van der Waals surface area contributed by atoms with Crippen LogP contribution >= 0.6 is 31.9 Å². The summed E-state index contributed by atoms with van der Waals surface area (Å²) in [6.07, 6.45) is 2.38. The Morgan fingerprint density at radius 3 is 2.70 bits per heavy atom. The lowest BCUT2D eigenvalue weighted by atomic mass is 10.2. The molecule has 0 saturated carbocycles. The first kappa shape index (κ1) is 15.7. The minimum atomic E-state index is 0.196. The zero-order valence-corrected chi connectivity index (χ0v) is 14.8. The van der Waals surface area contributed by atoms with Crippen LogP contribution < -0.4 is 0 Å². The molecular formula is C15H18Br2N2O. The number of nitrogens with zero attached hydrogens (tertiary/aromatic N) is 2. The van der Waals surface area contributed by atoms with Gasteiger partial charge in [0, 0.05) is 16.4 Å². The number of aromatic hydroxyl groups is 1. The third-order valence-electron chi connectivity index (χ3n) is 3.24. The molecule has 0 amide bonds. The van der Waals surface area contributed by atoms with Gasteiger partial charge in [0.05, 0.1) is 10.2 Å². The van der Waals surface area contributed by atoms with E-state index in [1.807, 2.05) is 18.2 Å². The Morgan fingerprint density at radius 1 is 1.25 bits per heavy atom. The second-order valence-corrected chi connectivity index (χ2v) is 6.69. The second kappa shape index (κ2) is 6.87. The van der Waals surface area contributed by atoms with E-state index in [-0.39, 0.29) is 5.75 Å². The van der Waals surface area contributed by atoms with Crippen molar-refractivity contribution in [3.8, 4) is 5.75 Å². The molecule has 0 aliphatic heterocycles. The van der Waals surface area contributed by atoms with Crippen LogP contribution in [0.25, 0.3) is 10.9 Å². The van der Waals surface area contributed by atoms with Gasteiger partial charge in [-0.25, -0.2) is 4.98 Å². The highest BCUT2D eigenvalue weighted by atomic mass is 79.9. The maximum absolute atomic E-state index is 10.1. The number of benzene rings is 1. The summed E-state index contributed by atoms with van der Waals surface area (Å²) in [6, 6.07) is 5.86. The van der Waals surface area contributed by atoms with E-state index < -0.39 is 0 Å². The highest BCUT2D eigenvalue weighted by Gasteiger charge is 2.11. The van der Waals surface area contributed by atoms with Gasteiger partial charge >= 0.3 is 0 Å². The zero-order chi connectivity index (χ0) is 14.7. The van der Waals surface area contributed by atoms with Gasteiger partial charge in [-0.3, -0.25) is 0 Å². The van der Waals surface area contributed by atoms with E-state index in [2.05, 4.69) is 55.7 Å². The number of pyridine rings is 1. The van der Waals surface area contributed by atoms with Crippen molar-refractivity contribution in [3.63, 3.8) is 0 Å². The van der Waals surface area contributed by atoms with Crippen LogP contribution in [0.2, 0.25) is 0 Å². The molecule has 0 unspecified atom stereocenters. The summed E-state index contributed by atoms with van der Waals surface area (Å²) in [5.74, 6) is 0.196. The number of phenolic OH excluding ortho intramolecular Hbond substituents is 1. The van der Waals surface area contributed by atoms with E-state index in [4.69, 9.17) is 0 Å². The molecule has 20 heavy (non-hydrogen) atoms. The van der Waals surface area contributed by atoms with Crippen LogP contribution in [0.5, 0.6) is 5.75 Å². The summed E-state index contributed by atoms with van der Waals surface area (Å²) in [5, 5.41) is 11.1. The van der Waals surface area contributed by atoms with Crippen molar-refractivity contribution in [3.05, 3.63) is 32.8 Å². The molecule has 0 radical (unpaired) electrons. The number of aromatic nitrogens is 1. The Morgan fingerprint density at radius 2 is 2.00 bits per heavy atom. The van der Waals surface area contributed by atoms with E-state index in [0.29, 0.717) is 9.99 Å². The predicted octanol–water partition coefficient (Wildman–Crippen LogP) is 4.70. The average molecular weight is 402 g/mol. The fourth-order valence-corrected chi connectivity index (χ4v) is 3.39. The third kappa shape index (κ3) is 3.51. The largest absolute Gasteiger partial charge is 0.505 e. The van der Waals surface area contributed by atoms with Gasteiger partial charge in [0.2, 0.25) is 0 Å². The minimum Gasteiger partial charge on any atom is -0.505 e. The minimum absolute atomic E-state index is 0.196. The first-order valence-electron chi connectivity index (χ1n) is 6.68. The van der Waals surface area contributed by atoms with Gasteiger partial charge in [-0.2, -0.15) is 0 Å². The molecule has 108 valence electrons. The lowest BCUT2D eigenvalue weighted by Crippen LogP contribution is -2.19. The molecule has 0 aliphatic carbocycles. The Bertz CT molecular complexity index is 616. The molecule has 1 aromatic heterocycles. The number of halogens is 2. The molecule has 0 aliphatic rings. The van der Waals surface area contributed by atoms with Crippen molar-refractivity contribution in [2.75, 3.05) is 13.6 Å². The molecule has 1 aromatic carbocycles. The molecule has 5 heteroatoms. The molecule has 1 heterocycles. The van der Waals surface area contributed by atoms with Crippen LogP contribution in [0.3, 0.4) is 0 Å². The summed E-state index contributed by atoms with van der Waals surface area (Å²) in [7, 11) is 2.10. The smallest absolute Gasteiger partial charge is 0.156 e. The van der Waals surface area contributed by atoms with Gasteiger partial charge in [-0.05, 0) is 54.1 Å². The van der Waals surface area contributed by atoms with E-state index in [1.54, 1.807) is 0 Å². The summed E-state index contributed by atoms with van der Waals surface area (Å²) in [6.45, 7) is 4.04. The van der Waals surface area contributed by atoms with Crippen LogP contribution in [0.4, 0.5) is 0 Å². The van der Waals surface area contributed by atoms with Crippen molar-refractivity contribution in [2.24, 2.45) is 0 Å². The number of hydrogen-bond donors (Lipinski definition) is 1. The Kier molecular flexibility index (Phi) is 5.41. The fraction of sp³-hybridized carbons (Fsp3) is 0.400. The van der Waals surface area contributed by atoms with Crippen molar-refractivity contribution < 1.29 is 5.11 Å². The molecule has 0 bridgehead atoms. The lowest BCUT2D eigenvalue weighted by molar-refractivity contribution is 0.317. The standard InChI is InChI=1S/C15H18Br2N2O/c1-3-4-7-19(2)9-10-5-6-11-12(16)8-13(17)15(20)14(11)18-10/h5-6,8,20H,3-4,7,9H2,1-2H3. The number of fused-ring (bicyclic) bond motifs is 1. The molecule has 2 rings (SSSR count). The predicted molar refractivity (Wildman–Crippen MR) is 90.0 cm³/mol. The number of phenols is 1. The topological polar surface area (TPSA) is 36.4 Å². The summed E-state index contributed by atoms with van der Waals surface area (Å²) in [5.41, 5.74) is 1.60.